The van der Waals surface area contributed by atoms with Crippen molar-refractivity contribution in [3.63, 3.8) is 0 Å². The molecule has 10 heavy (non-hydrogen) atoms. The van der Waals surface area contributed by atoms with Crippen molar-refractivity contribution in [3.8, 4) is 0 Å². The van der Waals surface area contributed by atoms with Crippen LogP contribution in [0.25, 0.3) is 0 Å². The maximum absolute atomic E-state index is 10.5. The number of nitrogens with zero attached hydrogens (tertiary/aromatic N) is 1. The molecule has 1 heterocycles. The summed E-state index contributed by atoms with van der Waals surface area (Å²) in [6.07, 6.45) is 0. The van der Waals surface area contributed by atoms with Crippen LogP contribution in [0.1, 0.15) is 0 Å². The number of aromatic nitrogens is 1. The maximum Gasteiger partial charge on any atom is 0.279 e. The zero-order chi connectivity index (χ0) is 7.78. The summed E-state index contributed by atoms with van der Waals surface area (Å²) in [6.45, 7) is 0. The van der Waals surface area contributed by atoms with E-state index in [-0.39, 0.29) is 5.03 Å². The summed E-state index contributed by atoms with van der Waals surface area (Å²) in [7, 11) is 1.33. The summed E-state index contributed by atoms with van der Waals surface area (Å²) < 4.78 is 21.6. The Balaban J connectivity index is 3.21. The minimum atomic E-state index is -3.64. The van der Waals surface area contributed by atoms with Crippen LogP contribution in [0, 0.1) is 0 Å². The van der Waals surface area contributed by atoms with Crippen LogP contribution in [-0.2, 0) is 9.05 Å². The van der Waals surface area contributed by atoms with Gasteiger partial charge in [0.2, 0.25) is 0 Å². The average molecular weight is 263 g/mol. The highest BCUT2D eigenvalue weighted by Crippen LogP contribution is 2.21. The highest BCUT2D eigenvalue weighted by molar-refractivity contribution is 9.11. The van der Waals surface area contributed by atoms with Crippen LogP contribution >= 0.6 is 37.9 Å². The summed E-state index contributed by atoms with van der Waals surface area (Å²) in [6, 6.07) is 0. The molecule has 0 aliphatic rings. The van der Waals surface area contributed by atoms with E-state index < -0.39 is 9.05 Å². The summed E-state index contributed by atoms with van der Waals surface area (Å²) in [5.74, 6) is 0. The Hall–Kier alpha value is 0.350. The van der Waals surface area contributed by atoms with Crippen LogP contribution in [-0.4, -0.2) is 13.4 Å². The zero-order valence-electron chi connectivity index (χ0n) is 4.41. The van der Waals surface area contributed by atoms with Gasteiger partial charge in [-0.2, -0.15) is 0 Å². The quantitative estimate of drug-likeness (QED) is 0.726. The molecule has 0 amide bonds. The molecule has 0 atom stereocenters. The molecular weight excluding hydrogens is 262 g/mol. The second-order valence-electron chi connectivity index (χ2n) is 1.38. The van der Waals surface area contributed by atoms with E-state index in [1.54, 1.807) is 0 Å². The molecule has 0 aliphatic carbocycles. The van der Waals surface area contributed by atoms with Crippen molar-refractivity contribution < 1.29 is 8.42 Å². The summed E-state index contributed by atoms with van der Waals surface area (Å²) in [5.41, 5.74) is 0. The van der Waals surface area contributed by atoms with Crippen LogP contribution in [0.4, 0.5) is 0 Å². The topological polar surface area (TPSA) is 47.0 Å². The molecule has 0 spiro atoms. The van der Waals surface area contributed by atoms with Crippen LogP contribution in [0.5, 0.6) is 0 Å². The Kier molecular flexibility index (Phi) is 2.34. The molecule has 0 fully saturated rings. The average Bonchev–Trinajstić information content (AvgIpc) is 2.11. The molecule has 7 heteroatoms. The second kappa shape index (κ2) is 2.77. The van der Waals surface area contributed by atoms with Crippen molar-refractivity contribution >= 4 is 47.0 Å². The molecule has 56 valence electrons. The highest BCUT2D eigenvalue weighted by atomic mass is 79.9. The standard InChI is InChI=1S/C3HBrClNO2S2/c4-3-6-2(1-9-3)10(5,7)8/h1H. The van der Waals surface area contributed by atoms with Crippen LogP contribution < -0.4 is 0 Å². The maximum atomic E-state index is 10.5. The molecule has 0 N–H and O–H groups in total. The van der Waals surface area contributed by atoms with Gasteiger partial charge in [0, 0.05) is 16.1 Å². The van der Waals surface area contributed by atoms with Crippen LogP contribution in [0.3, 0.4) is 0 Å². The number of halogens is 2. The third-order valence-corrected chi connectivity index (χ3v) is 3.40. The Morgan fingerprint density at radius 2 is 2.30 bits per heavy atom. The third-order valence-electron chi connectivity index (χ3n) is 0.705. The molecule has 1 rings (SSSR count). The van der Waals surface area contributed by atoms with Crippen LogP contribution in [0.15, 0.2) is 14.3 Å². The lowest BCUT2D eigenvalue weighted by molar-refractivity contribution is 0.607. The molecule has 0 bridgehead atoms. The fourth-order valence-electron chi connectivity index (χ4n) is 0.350. The molecule has 0 aromatic carbocycles. The van der Waals surface area contributed by atoms with E-state index in [4.69, 9.17) is 10.7 Å². The van der Waals surface area contributed by atoms with Gasteiger partial charge in [0.25, 0.3) is 9.05 Å². The minimum absolute atomic E-state index is 0.106. The van der Waals surface area contributed by atoms with Gasteiger partial charge in [0.1, 0.15) is 0 Å². The lowest BCUT2D eigenvalue weighted by Crippen LogP contribution is -1.88. The van der Waals surface area contributed by atoms with Crippen molar-refractivity contribution in [1.29, 1.82) is 0 Å². The van der Waals surface area contributed by atoms with Gasteiger partial charge >= 0.3 is 0 Å². The van der Waals surface area contributed by atoms with Gasteiger partial charge in [-0.3, -0.25) is 0 Å². The molecule has 0 saturated heterocycles. The van der Waals surface area contributed by atoms with Crippen molar-refractivity contribution in [3.05, 3.63) is 9.30 Å². The summed E-state index contributed by atoms with van der Waals surface area (Å²) >= 11 is 4.18. The van der Waals surface area contributed by atoms with Crippen LogP contribution in [0.2, 0.25) is 0 Å². The number of rotatable bonds is 1. The van der Waals surface area contributed by atoms with E-state index in [1.165, 1.54) is 16.7 Å². The predicted octanol–water partition coefficient (Wildman–Crippen LogP) is 1.83. The molecule has 3 nitrogen and oxygen atoms in total. The lowest BCUT2D eigenvalue weighted by atomic mass is 11.0. The van der Waals surface area contributed by atoms with Gasteiger partial charge in [0.15, 0.2) is 8.94 Å². The van der Waals surface area contributed by atoms with Crippen molar-refractivity contribution in [2.75, 3.05) is 0 Å². The van der Waals surface area contributed by atoms with Gasteiger partial charge < -0.3 is 0 Å². The first kappa shape index (κ1) is 8.45. The normalized spacial score (nSPS) is 11.8. The van der Waals surface area contributed by atoms with Gasteiger partial charge in [-0.1, -0.05) is 0 Å². The minimum Gasteiger partial charge on any atom is -0.216 e. The SMILES string of the molecule is O=S(=O)(Cl)c1csc(Br)n1. The Bertz CT molecular complexity index is 332. The van der Waals surface area contributed by atoms with E-state index in [9.17, 15) is 8.42 Å². The van der Waals surface area contributed by atoms with Gasteiger partial charge in [-0.05, 0) is 15.9 Å². The second-order valence-corrected chi connectivity index (χ2v) is 6.02. The Morgan fingerprint density at radius 1 is 1.70 bits per heavy atom. The first-order valence-electron chi connectivity index (χ1n) is 2.06. The predicted molar refractivity (Wildman–Crippen MR) is 42.9 cm³/mol. The highest BCUT2D eigenvalue weighted by Gasteiger charge is 2.12. The Morgan fingerprint density at radius 3 is 2.50 bits per heavy atom. The number of thiazole rings is 1. The van der Waals surface area contributed by atoms with E-state index in [1.807, 2.05) is 0 Å². The largest absolute Gasteiger partial charge is 0.279 e. The van der Waals surface area contributed by atoms with Crippen molar-refractivity contribution in [2.45, 2.75) is 5.03 Å². The lowest BCUT2D eigenvalue weighted by Gasteiger charge is -1.82. The van der Waals surface area contributed by atoms with E-state index >= 15 is 0 Å². The number of hydrogen-bond donors (Lipinski definition) is 0. The molecule has 0 unspecified atom stereocenters. The summed E-state index contributed by atoms with van der Waals surface area (Å²) in [4.78, 5) is 3.60. The smallest absolute Gasteiger partial charge is 0.216 e. The monoisotopic (exact) mass is 261 g/mol. The molecule has 0 radical (unpaired) electrons. The first-order chi connectivity index (χ1) is 4.50. The molecule has 1 aromatic heterocycles. The van der Waals surface area contributed by atoms with Gasteiger partial charge in [0.05, 0.1) is 0 Å². The van der Waals surface area contributed by atoms with Gasteiger partial charge in [-0.15, -0.1) is 11.3 Å². The van der Waals surface area contributed by atoms with Crippen molar-refractivity contribution in [1.82, 2.24) is 4.98 Å². The van der Waals surface area contributed by atoms with Crippen molar-refractivity contribution in [2.24, 2.45) is 0 Å². The fourth-order valence-corrected chi connectivity index (χ4v) is 2.63. The van der Waals surface area contributed by atoms with E-state index in [2.05, 4.69) is 20.9 Å². The first-order valence-corrected chi connectivity index (χ1v) is 6.04. The Labute approximate surface area is 74.6 Å². The molecule has 1 aromatic rings. The fraction of sp³-hybridized carbons (Fsp3) is 0. The zero-order valence-corrected chi connectivity index (χ0v) is 8.39. The van der Waals surface area contributed by atoms with E-state index in [0.29, 0.717) is 3.92 Å². The van der Waals surface area contributed by atoms with E-state index in [0.717, 1.165) is 0 Å². The number of hydrogen-bond acceptors (Lipinski definition) is 4. The summed E-state index contributed by atoms with van der Waals surface area (Å²) in [5, 5.41) is 1.26. The third kappa shape index (κ3) is 1.91. The molecule has 0 saturated carbocycles. The molecule has 0 aliphatic heterocycles. The molecular formula is C3HBrClNO2S2. The van der Waals surface area contributed by atoms with Gasteiger partial charge in [-0.25, -0.2) is 13.4 Å².